The van der Waals surface area contributed by atoms with Gasteiger partial charge in [0.2, 0.25) is 11.8 Å². The van der Waals surface area contributed by atoms with Gasteiger partial charge in [-0.25, -0.2) is 4.98 Å². The maximum Gasteiger partial charge on any atom is 0.248 e. The maximum atomic E-state index is 12.8. The monoisotopic (exact) mass is 490 g/mol. The van der Waals surface area contributed by atoms with E-state index in [0.29, 0.717) is 29.5 Å². The van der Waals surface area contributed by atoms with Crippen LogP contribution >= 0.6 is 23.1 Å². The molecule has 1 N–H and O–H groups in total. The third-order valence-corrected chi connectivity index (χ3v) is 6.94. The van der Waals surface area contributed by atoms with Gasteiger partial charge in [-0.3, -0.25) is 9.59 Å². The molecule has 1 unspecified atom stereocenters. The topological polar surface area (TPSA) is 95.3 Å². The third-order valence-electron chi connectivity index (χ3n) is 5.10. The summed E-state index contributed by atoms with van der Waals surface area (Å²) in [6.07, 6.45) is 3.22. The first-order valence-electron chi connectivity index (χ1n) is 10.5. The number of amides is 2. The standard InChI is InChI=1S/C25H22N4O3S2/c1-17-27-21(14-34-17)13-32-22-9-4-18(5-10-22)6-11-24(30)29-16-33-15-23(29)25(31)28-20-7-2-19(12-26)3-8-20/h2-11,14,23H,13,15-16H2,1H3,(H,28,31)/b11-6+. The van der Waals surface area contributed by atoms with Crippen molar-refractivity contribution < 1.29 is 14.3 Å². The second kappa shape index (κ2) is 11.0. The van der Waals surface area contributed by atoms with E-state index in [2.05, 4.69) is 10.3 Å². The van der Waals surface area contributed by atoms with E-state index >= 15 is 0 Å². The summed E-state index contributed by atoms with van der Waals surface area (Å²) < 4.78 is 5.75. The van der Waals surface area contributed by atoms with Gasteiger partial charge in [0.05, 0.1) is 28.2 Å². The van der Waals surface area contributed by atoms with Crippen molar-refractivity contribution in [2.75, 3.05) is 16.9 Å². The lowest BCUT2D eigenvalue weighted by Gasteiger charge is -2.21. The highest BCUT2D eigenvalue weighted by Crippen LogP contribution is 2.23. The predicted molar refractivity (Wildman–Crippen MR) is 134 cm³/mol. The van der Waals surface area contributed by atoms with Crippen LogP contribution in [0.1, 0.15) is 21.8 Å². The second-order valence-corrected chi connectivity index (χ2v) is 9.61. The van der Waals surface area contributed by atoms with Crippen LogP contribution in [-0.2, 0) is 16.2 Å². The third kappa shape index (κ3) is 6.04. The lowest BCUT2D eigenvalue weighted by molar-refractivity contribution is -0.132. The molecule has 34 heavy (non-hydrogen) atoms. The van der Waals surface area contributed by atoms with Crippen molar-refractivity contribution >= 4 is 46.7 Å². The van der Waals surface area contributed by atoms with Crippen LogP contribution in [0, 0.1) is 18.3 Å². The van der Waals surface area contributed by atoms with E-state index in [0.717, 1.165) is 22.0 Å². The van der Waals surface area contributed by atoms with E-state index in [-0.39, 0.29) is 11.8 Å². The number of aromatic nitrogens is 1. The SMILES string of the molecule is Cc1nc(COc2ccc(/C=C/C(=O)N3CSCC3C(=O)Nc3ccc(C#N)cc3)cc2)cs1. The number of nitrogens with zero attached hydrogens (tertiary/aromatic N) is 3. The van der Waals surface area contributed by atoms with Crippen LogP contribution in [0.25, 0.3) is 6.08 Å². The Morgan fingerprint density at radius 1 is 1.24 bits per heavy atom. The predicted octanol–water partition coefficient (Wildman–Crippen LogP) is 4.46. The van der Waals surface area contributed by atoms with Crippen LogP contribution in [-0.4, -0.2) is 39.4 Å². The number of hydrogen-bond donors (Lipinski definition) is 1. The largest absolute Gasteiger partial charge is 0.487 e. The molecule has 7 nitrogen and oxygen atoms in total. The molecule has 1 aliphatic rings. The number of anilines is 1. The molecule has 4 rings (SSSR count). The van der Waals surface area contributed by atoms with Gasteiger partial charge in [-0.05, 0) is 55.0 Å². The molecule has 1 aromatic heterocycles. The summed E-state index contributed by atoms with van der Waals surface area (Å²) in [5, 5.41) is 14.7. The van der Waals surface area contributed by atoms with Gasteiger partial charge in [-0.15, -0.1) is 23.1 Å². The molecule has 2 amide bonds. The second-order valence-electron chi connectivity index (χ2n) is 7.55. The Kier molecular flexibility index (Phi) is 7.62. The van der Waals surface area contributed by atoms with E-state index in [4.69, 9.17) is 10.00 Å². The molecule has 2 heterocycles. The van der Waals surface area contributed by atoms with Gasteiger partial charge in [0, 0.05) is 22.9 Å². The minimum Gasteiger partial charge on any atom is -0.487 e. The van der Waals surface area contributed by atoms with E-state index in [9.17, 15) is 9.59 Å². The summed E-state index contributed by atoms with van der Waals surface area (Å²) in [6.45, 7) is 2.37. The van der Waals surface area contributed by atoms with E-state index in [1.54, 1.807) is 46.6 Å². The number of thiazole rings is 1. The first-order valence-corrected chi connectivity index (χ1v) is 12.6. The molecule has 1 atom stereocenters. The number of hydrogen-bond acceptors (Lipinski definition) is 7. The number of benzene rings is 2. The Labute approximate surface area is 206 Å². The Hall–Kier alpha value is -3.61. The summed E-state index contributed by atoms with van der Waals surface area (Å²) >= 11 is 3.13. The molecule has 0 spiro atoms. The summed E-state index contributed by atoms with van der Waals surface area (Å²) in [5.74, 6) is 1.26. The molecule has 3 aromatic rings. The summed E-state index contributed by atoms with van der Waals surface area (Å²) in [4.78, 5) is 31.5. The molecule has 172 valence electrons. The van der Waals surface area contributed by atoms with Gasteiger partial charge in [0.15, 0.2) is 0 Å². The smallest absolute Gasteiger partial charge is 0.248 e. The number of nitriles is 1. The number of carbonyl (C=O) groups excluding carboxylic acids is 2. The van der Waals surface area contributed by atoms with Crippen LogP contribution in [0.3, 0.4) is 0 Å². The Morgan fingerprint density at radius 2 is 2.00 bits per heavy atom. The average Bonchev–Trinajstić information content (AvgIpc) is 3.51. The highest BCUT2D eigenvalue weighted by atomic mass is 32.2. The summed E-state index contributed by atoms with van der Waals surface area (Å²) in [5.41, 5.74) is 2.87. The van der Waals surface area contributed by atoms with Gasteiger partial charge in [-0.1, -0.05) is 12.1 Å². The number of ether oxygens (including phenoxy) is 1. The molecule has 0 aliphatic carbocycles. The number of carbonyl (C=O) groups is 2. The first-order chi connectivity index (χ1) is 16.5. The normalized spacial score (nSPS) is 15.3. The fraction of sp³-hybridized carbons (Fsp3) is 0.200. The van der Waals surface area contributed by atoms with Crippen molar-refractivity contribution in [3.8, 4) is 11.8 Å². The molecule has 1 saturated heterocycles. The molecule has 2 aromatic carbocycles. The minimum atomic E-state index is -0.553. The fourth-order valence-electron chi connectivity index (χ4n) is 3.30. The van der Waals surface area contributed by atoms with Crippen molar-refractivity contribution in [3.05, 3.63) is 81.8 Å². The molecular formula is C25H22N4O3S2. The van der Waals surface area contributed by atoms with E-state index in [1.807, 2.05) is 42.6 Å². The summed E-state index contributed by atoms with van der Waals surface area (Å²) in [7, 11) is 0. The van der Waals surface area contributed by atoms with Crippen LogP contribution in [0.5, 0.6) is 5.75 Å². The van der Waals surface area contributed by atoms with Crippen LogP contribution in [0.2, 0.25) is 0 Å². The summed E-state index contributed by atoms with van der Waals surface area (Å²) in [6, 6.07) is 15.6. The average molecular weight is 491 g/mol. The van der Waals surface area contributed by atoms with Crippen LogP contribution in [0.4, 0.5) is 5.69 Å². The quantitative estimate of drug-likeness (QED) is 0.492. The van der Waals surface area contributed by atoms with E-state index < -0.39 is 6.04 Å². The van der Waals surface area contributed by atoms with Crippen molar-refractivity contribution in [2.45, 2.75) is 19.6 Å². The number of thioether (sulfide) groups is 1. The zero-order valence-corrected chi connectivity index (χ0v) is 20.1. The van der Waals surface area contributed by atoms with E-state index in [1.165, 1.54) is 17.8 Å². The van der Waals surface area contributed by atoms with Crippen molar-refractivity contribution in [1.29, 1.82) is 5.26 Å². The number of rotatable bonds is 7. The van der Waals surface area contributed by atoms with Crippen molar-refractivity contribution in [1.82, 2.24) is 9.88 Å². The van der Waals surface area contributed by atoms with Gasteiger partial charge >= 0.3 is 0 Å². The molecule has 0 bridgehead atoms. The highest BCUT2D eigenvalue weighted by Gasteiger charge is 2.33. The fourth-order valence-corrected chi connectivity index (χ4v) is 5.06. The zero-order valence-electron chi connectivity index (χ0n) is 18.4. The molecule has 1 aliphatic heterocycles. The van der Waals surface area contributed by atoms with Gasteiger partial charge in [-0.2, -0.15) is 5.26 Å². The number of aryl methyl sites for hydroxylation is 1. The lowest BCUT2D eigenvalue weighted by atomic mass is 10.2. The van der Waals surface area contributed by atoms with Gasteiger partial charge in [0.1, 0.15) is 18.4 Å². The molecule has 1 fully saturated rings. The van der Waals surface area contributed by atoms with Crippen LogP contribution < -0.4 is 10.1 Å². The lowest BCUT2D eigenvalue weighted by Crippen LogP contribution is -2.43. The van der Waals surface area contributed by atoms with Gasteiger partial charge < -0.3 is 15.0 Å². The zero-order chi connectivity index (χ0) is 23.9. The molecule has 9 heteroatoms. The maximum absolute atomic E-state index is 12.8. The highest BCUT2D eigenvalue weighted by molar-refractivity contribution is 7.99. The van der Waals surface area contributed by atoms with Gasteiger partial charge in [0.25, 0.3) is 0 Å². The Morgan fingerprint density at radius 3 is 2.68 bits per heavy atom. The molecule has 0 saturated carbocycles. The minimum absolute atomic E-state index is 0.218. The van der Waals surface area contributed by atoms with Crippen LogP contribution in [0.15, 0.2) is 60.0 Å². The number of nitrogens with one attached hydrogen (secondary N) is 1. The Bertz CT molecular complexity index is 1230. The van der Waals surface area contributed by atoms with Crippen molar-refractivity contribution in [3.63, 3.8) is 0 Å². The first kappa shape index (κ1) is 23.5. The Balaban J connectivity index is 1.32. The molecular weight excluding hydrogens is 468 g/mol. The van der Waals surface area contributed by atoms with Crippen molar-refractivity contribution in [2.24, 2.45) is 0 Å². The molecule has 0 radical (unpaired) electrons.